The molecule has 0 heterocycles. The Hall–Kier alpha value is -10.3. The molecule has 2 unspecified atom stereocenters. The molecule has 772 valence electrons. The van der Waals surface area contributed by atoms with E-state index in [2.05, 4.69) is 195 Å². The molecule has 0 aromatic heterocycles. The van der Waals surface area contributed by atoms with E-state index in [1.807, 2.05) is 274 Å². The highest BCUT2D eigenvalue weighted by Gasteiger charge is 2.42. The first-order valence-corrected chi connectivity index (χ1v) is 50.8. The van der Waals surface area contributed by atoms with Gasteiger partial charge in [-0.05, 0) is 196 Å². The van der Waals surface area contributed by atoms with Crippen LogP contribution < -0.4 is 42.5 Å². The molecule has 2 aromatic carbocycles. The number of rotatable bonds is 31. The maximum absolute atomic E-state index is 12.3. The van der Waals surface area contributed by atoms with Gasteiger partial charge in [-0.15, -0.1) is 0 Å². The molecule has 136 heavy (non-hydrogen) atoms. The number of hydrogen-bond acceptors (Lipinski definition) is 10. The summed E-state index contributed by atoms with van der Waals surface area (Å²) in [5, 5.41) is 25.4. The summed E-state index contributed by atoms with van der Waals surface area (Å²) in [6.07, 6.45) is 56.2. The van der Waals surface area contributed by atoms with Gasteiger partial charge in [0.2, 0.25) is 23.8 Å². The fourth-order valence-corrected chi connectivity index (χ4v) is 15.6. The van der Waals surface area contributed by atoms with Crippen molar-refractivity contribution in [1.29, 1.82) is 0 Å². The number of hydrogen-bond donors (Lipinski definition) is 8. The van der Waals surface area contributed by atoms with Crippen molar-refractivity contribution in [3.8, 4) is 0 Å². The van der Waals surface area contributed by atoms with Crippen molar-refractivity contribution in [2.75, 3.05) is 166 Å². The molecule has 0 aliphatic heterocycles. The minimum atomic E-state index is -0.00129. The van der Waals surface area contributed by atoms with Gasteiger partial charge in [0.05, 0.1) is 23.8 Å². The topological polar surface area (TPSA) is 257 Å². The van der Waals surface area contributed by atoms with E-state index in [1.54, 1.807) is 6.20 Å². The third-order valence-corrected chi connectivity index (χ3v) is 21.7. The van der Waals surface area contributed by atoms with E-state index in [0.717, 1.165) is 97.1 Å². The van der Waals surface area contributed by atoms with Crippen LogP contribution in [0.1, 0.15) is 283 Å². The Balaban J connectivity index is 0.00000160. The zero-order valence-electron chi connectivity index (χ0n) is 92.3. The second kappa shape index (κ2) is 78.7. The van der Waals surface area contributed by atoms with Crippen LogP contribution in [0.5, 0.6) is 0 Å². The molecule has 2 atom stereocenters. The van der Waals surface area contributed by atoms with Crippen LogP contribution in [0.25, 0.3) is 0 Å². The molecule has 0 radical (unpaired) electrons. The number of amides is 1. The molecule has 28 nitrogen and oxygen atoms in total. The molecule has 1 amide bonds. The standard InChI is InChI=1S/C22H29N3O.C20H40N6.C19H42N6.C17H31N3.C13H23N3.C10H17N3.C7H17N3/c1-2-3-4-5-6-13-18-21(26)25-22(23-19-14-9-7-10-15-19)24-20-16-11-8-12-17-20;1-23(2)19(24(3)4)21-16-13-9-11-15-12-10-14-17(18(15)16)22-20(25(5)6)26(7)8;1-22(2)18(23(3)4)20-16-14-12-10-9-11-13-15-17-21-19(24(5)6)25(7)8;1-14(2)13-18-17(19-15-9-5-3-6-10-15)20-16-11-7-4-8-12-16;1-10(2)7-14-13(15-8-11(3)4)16-9-12(5)6;1-4-7-11-10(12-8-5-2)13-9-6-3;1-6-8-7(9(2)3)10(4)5/h7-12,14-17H,2-6,13,18H2,1H3,(H2,23,24,25,26);15-18H,9-14H2,1-8H3;9-17H2,1-8H3;13,15-16H,3-12H2,1-2H3,(H2,18,19,20);7-9H,1-6H3,(H2,14,15,16);4-9H,1-3H3,(H2,11,12,13);6H2,1-5H3/b;;;;;7-4-,8-5+,9-6+;. The summed E-state index contributed by atoms with van der Waals surface area (Å²) in [7, 11) is 41.0. The Morgan fingerprint density at radius 3 is 1.15 bits per heavy atom. The Kier molecular flexibility index (Phi) is 72.8. The molecular formula is C108H199N27O. The first-order valence-electron chi connectivity index (χ1n) is 50.8. The molecule has 0 spiro atoms. The van der Waals surface area contributed by atoms with Crippen LogP contribution in [-0.4, -0.2) is 293 Å². The maximum Gasteiger partial charge on any atom is 0.226 e. The Labute approximate surface area is 831 Å². The van der Waals surface area contributed by atoms with E-state index in [0.29, 0.717) is 48.4 Å². The van der Waals surface area contributed by atoms with Crippen molar-refractivity contribution in [3.63, 3.8) is 0 Å². The Morgan fingerprint density at radius 1 is 0.375 bits per heavy atom. The van der Waals surface area contributed by atoms with Gasteiger partial charge in [0.25, 0.3) is 0 Å². The van der Waals surface area contributed by atoms with E-state index in [-0.39, 0.29) is 5.91 Å². The molecule has 0 bridgehead atoms. The third-order valence-electron chi connectivity index (χ3n) is 21.7. The first kappa shape index (κ1) is 126. The Morgan fingerprint density at radius 2 is 0.765 bits per heavy atom. The van der Waals surface area contributed by atoms with Gasteiger partial charge >= 0.3 is 0 Å². The lowest BCUT2D eigenvalue weighted by Crippen LogP contribution is -2.46. The molecule has 8 N–H and O–H groups in total. The molecular weight excluding hydrogens is 1690 g/mol. The fourth-order valence-electron chi connectivity index (χ4n) is 15.6. The van der Waals surface area contributed by atoms with Gasteiger partial charge in [0.1, 0.15) is 0 Å². The SMILES string of the molecule is C/C=C\N=C(N/C=C/C)N/C=C/C.CC(C)=CN=C(NC=C(C)C)NC=C(C)C.CC(C)=CNC(=NC1CCCCC1)NC1CCCCC1.CCCCCCCCC(=O)NC(=Nc1ccccc1)Nc1ccccc1.CCN=C(N(C)C)N(C)C.CN(C)C(=NC1CCCC2CCCC(N=C(N(C)C)N(C)C)C21)N(C)C.CN(C)C(=NCCCCCCCCCN=C(N(C)C)N(C)C)N(C)C. The highest BCUT2D eigenvalue weighted by Crippen LogP contribution is 2.44. The van der Waals surface area contributed by atoms with Crippen molar-refractivity contribution in [3.05, 3.63) is 145 Å². The third kappa shape index (κ3) is 63.9. The number of fused-ring (bicyclic) bond motifs is 1. The van der Waals surface area contributed by atoms with E-state index in [4.69, 9.17) is 15.0 Å². The monoisotopic (exact) mass is 1890 g/mol. The molecule has 4 aliphatic rings. The predicted molar refractivity (Wildman–Crippen MR) is 596 cm³/mol. The number of nitrogens with zero attached hydrogens (tertiary/aromatic N) is 19. The number of carbonyl (C=O) groups is 1. The number of benzene rings is 2. The molecule has 4 fully saturated rings. The van der Waals surface area contributed by atoms with Gasteiger partial charge in [-0.25, -0.2) is 30.0 Å². The van der Waals surface area contributed by atoms with E-state index < -0.39 is 0 Å². The van der Waals surface area contributed by atoms with E-state index >= 15 is 0 Å². The molecule has 0 saturated heterocycles. The smallest absolute Gasteiger partial charge is 0.226 e. The first-order chi connectivity index (χ1) is 64.9. The fraction of sp³-hybridized carbons (Fsp3) is 0.667. The van der Waals surface area contributed by atoms with Crippen molar-refractivity contribution in [2.24, 2.45) is 56.8 Å². The van der Waals surface area contributed by atoms with Crippen LogP contribution >= 0.6 is 0 Å². The lowest BCUT2D eigenvalue weighted by Gasteiger charge is -2.44. The highest BCUT2D eigenvalue weighted by molar-refractivity contribution is 6.05. The van der Waals surface area contributed by atoms with Crippen molar-refractivity contribution < 1.29 is 4.79 Å². The van der Waals surface area contributed by atoms with E-state index in [1.165, 1.54) is 190 Å². The molecule has 28 heteroatoms. The number of unbranched alkanes of at least 4 members (excludes halogenated alkanes) is 11. The largest absolute Gasteiger partial charge is 0.353 e. The number of aliphatic imine (C=N–C) groups is 9. The molecule has 2 aromatic rings. The van der Waals surface area contributed by atoms with Crippen LogP contribution in [0.2, 0.25) is 0 Å². The summed E-state index contributed by atoms with van der Waals surface area (Å²) in [4.78, 5) is 75.2. The Bertz CT molecular complexity index is 3750. The number of para-hydroxylation sites is 2. The van der Waals surface area contributed by atoms with Gasteiger partial charge < -0.3 is 86.2 Å². The highest BCUT2D eigenvalue weighted by atomic mass is 16.1. The second-order valence-electron chi connectivity index (χ2n) is 38.4. The molecule has 4 saturated carbocycles. The average Bonchev–Trinajstić information content (AvgIpc) is 0.789. The summed E-state index contributed by atoms with van der Waals surface area (Å²) in [6, 6.07) is 21.3. The molecule has 6 rings (SSSR count). The van der Waals surface area contributed by atoms with Crippen molar-refractivity contribution in [2.45, 2.75) is 307 Å². The zero-order chi connectivity index (χ0) is 102. The lowest BCUT2D eigenvalue weighted by molar-refractivity contribution is -0.119. The van der Waals surface area contributed by atoms with Crippen LogP contribution in [0, 0.1) is 11.8 Å². The van der Waals surface area contributed by atoms with Gasteiger partial charge in [-0.1, -0.05) is 199 Å². The van der Waals surface area contributed by atoms with Crippen molar-refractivity contribution >= 4 is 70.9 Å². The zero-order valence-corrected chi connectivity index (χ0v) is 92.3. The van der Waals surface area contributed by atoms with Gasteiger partial charge in [-0.3, -0.25) is 25.1 Å². The average molecular weight is 1890 g/mol. The minimum absolute atomic E-state index is 0.00129. The second-order valence-corrected chi connectivity index (χ2v) is 38.4. The normalized spacial score (nSPS) is 15.4. The number of allylic oxidation sites excluding steroid dienone is 7. The number of carbonyl (C=O) groups excluding carboxylic acids is 1. The summed E-state index contributed by atoms with van der Waals surface area (Å²) < 4.78 is 0. The summed E-state index contributed by atoms with van der Waals surface area (Å²) in [5.41, 5.74) is 6.53. The maximum atomic E-state index is 12.3. The van der Waals surface area contributed by atoms with Crippen LogP contribution in [0.3, 0.4) is 0 Å². The molecule has 4 aliphatic carbocycles. The van der Waals surface area contributed by atoms with Gasteiger partial charge in [-0.2, -0.15) is 0 Å². The number of anilines is 1. The number of guanidine groups is 9. The van der Waals surface area contributed by atoms with Crippen LogP contribution in [0.4, 0.5) is 11.4 Å². The predicted octanol–water partition coefficient (Wildman–Crippen LogP) is 20.6. The lowest BCUT2D eigenvalue weighted by atomic mass is 9.66. The van der Waals surface area contributed by atoms with Gasteiger partial charge in [0, 0.05) is 216 Å². The summed E-state index contributed by atoms with van der Waals surface area (Å²) in [5.74, 6) is 9.50. The quantitative estimate of drug-likeness (QED) is 0.0198. The van der Waals surface area contributed by atoms with Crippen LogP contribution in [0.15, 0.2) is 190 Å². The van der Waals surface area contributed by atoms with Crippen LogP contribution in [-0.2, 0) is 4.79 Å². The number of nitrogens with one attached hydrogen (secondary N) is 8. The van der Waals surface area contributed by atoms with E-state index in [9.17, 15) is 4.79 Å². The van der Waals surface area contributed by atoms with Crippen molar-refractivity contribution in [1.82, 2.24) is 86.2 Å². The minimum Gasteiger partial charge on any atom is -0.353 e. The summed E-state index contributed by atoms with van der Waals surface area (Å²) in [6.45, 7) is 29.1. The van der Waals surface area contributed by atoms with Gasteiger partial charge in [0.15, 0.2) is 35.8 Å². The summed E-state index contributed by atoms with van der Waals surface area (Å²) >= 11 is 0.